The van der Waals surface area contributed by atoms with Crippen LogP contribution in [0.15, 0.2) is 0 Å². The van der Waals surface area contributed by atoms with Crippen LogP contribution >= 0.6 is 0 Å². The van der Waals surface area contributed by atoms with Crippen molar-refractivity contribution in [3.05, 3.63) is 0 Å². The second-order valence-corrected chi connectivity index (χ2v) is 5.33. The van der Waals surface area contributed by atoms with Crippen LogP contribution in [-0.2, 0) is 4.74 Å². The largest absolute Gasteiger partial charge is 0.444 e. The highest BCUT2D eigenvalue weighted by Crippen LogP contribution is 2.37. The molecule has 0 aromatic heterocycles. The number of rotatable bonds is 0. The number of hydrogen-bond acceptors (Lipinski definition) is 3. The van der Waals surface area contributed by atoms with Gasteiger partial charge in [-0.1, -0.05) is 0 Å². The molecule has 0 radical (unpaired) electrons. The van der Waals surface area contributed by atoms with Crippen molar-refractivity contribution in [3.63, 3.8) is 0 Å². The molecule has 0 saturated carbocycles. The Morgan fingerprint density at radius 2 is 2.12 bits per heavy atom. The van der Waals surface area contributed by atoms with E-state index in [1.807, 2.05) is 0 Å². The molecule has 0 aromatic carbocycles. The van der Waals surface area contributed by atoms with Gasteiger partial charge in [0.1, 0.15) is 11.6 Å². The van der Waals surface area contributed by atoms with E-state index in [0.717, 1.165) is 4.90 Å². The van der Waals surface area contributed by atoms with Crippen LogP contribution in [-0.4, -0.2) is 47.7 Å². The molecule has 92 valence electrons. The minimum absolute atomic E-state index is 0.289. The van der Waals surface area contributed by atoms with Gasteiger partial charge in [0, 0.05) is 6.54 Å². The molecule has 2 unspecified atom stereocenters. The predicted octanol–water partition coefficient (Wildman–Crippen LogP) is 1.21. The molecule has 2 atom stereocenters. The van der Waals surface area contributed by atoms with Crippen molar-refractivity contribution >= 4 is 6.09 Å². The first-order chi connectivity index (χ1) is 7.21. The molecular weight excluding hydrogens is 218 g/mol. The molecule has 0 bridgehead atoms. The summed E-state index contributed by atoms with van der Waals surface area (Å²) >= 11 is 0. The summed E-state index contributed by atoms with van der Waals surface area (Å²) in [6, 6.07) is -1.33. The number of nitrogens with zero attached hydrogens (tertiary/aromatic N) is 1. The van der Waals surface area contributed by atoms with E-state index in [-0.39, 0.29) is 12.6 Å². The van der Waals surface area contributed by atoms with Crippen molar-refractivity contribution in [3.8, 4) is 0 Å². The van der Waals surface area contributed by atoms with Crippen LogP contribution in [0.4, 0.5) is 13.6 Å². The molecule has 1 N–H and O–H groups in total. The van der Waals surface area contributed by atoms with E-state index in [1.54, 1.807) is 20.8 Å². The molecule has 0 aliphatic carbocycles. The van der Waals surface area contributed by atoms with E-state index in [9.17, 15) is 13.6 Å². The molecule has 0 spiro atoms. The van der Waals surface area contributed by atoms with E-state index in [2.05, 4.69) is 5.32 Å². The maximum atomic E-state index is 13.4. The van der Waals surface area contributed by atoms with E-state index < -0.39 is 23.7 Å². The van der Waals surface area contributed by atoms with Gasteiger partial charge < -0.3 is 10.1 Å². The number of amides is 1. The first kappa shape index (κ1) is 11.6. The van der Waals surface area contributed by atoms with Gasteiger partial charge in [-0.05, 0) is 20.8 Å². The number of alkyl halides is 2. The van der Waals surface area contributed by atoms with Gasteiger partial charge in [-0.15, -0.1) is 0 Å². The zero-order valence-electron chi connectivity index (χ0n) is 9.59. The van der Waals surface area contributed by atoms with Crippen molar-refractivity contribution in [1.29, 1.82) is 0 Å². The first-order valence-electron chi connectivity index (χ1n) is 5.31. The molecule has 2 fully saturated rings. The van der Waals surface area contributed by atoms with Crippen LogP contribution in [0.5, 0.6) is 0 Å². The Balaban J connectivity index is 2.01. The topological polar surface area (TPSA) is 41.6 Å². The Labute approximate surface area is 92.9 Å². The fourth-order valence-electron chi connectivity index (χ4n) is 2.08. The number of hydrogen-bond donors (Lipinski definition) is 1. The van der Waals surface area contributed by atoms with Gasteiger partial charge in [-0.25, -0.2) is 13.6 Å². The zero-order chi connectivity index (χ0) is 12.1. The lowest BCUT2D eigenvalue weighted by Gasteiger charge is -2.45. The van der Waals surface area contributed by atoms with Gasteiger partial charge in [0.05, 0.1) is 12.6 Å². The quantitative estimate of drug-likeness (QED) is 0.685. The zero-order valence-corrected chi connectivity index (χ0v) is 9.59. The van der Waals surface area contributed by atoms with Crippen LogP contribution in [0.1, 0.15) is 20.8 Å². The van der Waals surface area contributed by atoms with Gasteiger partial charge in [-0.3, -0.25) is 4.90 Å². The molecule has 2 rings (SSSR count). The second-order valence-electron chi connectivity index (χ2n) is 5.33. The molecule has 1 amide bonds. The molecular formula is C10H16F2N2O2. The summed E-state index contributed by atoms with van der Waals surface area (Å²) in [6.07, 6.45) is -0.655. The molecule has 16 heavy (non-hydrogen) atoms. The van der Waals surface area contributed by atoms with E-state index in [0.29, 0.717) is 6.54 Å². The van der Waals surface area contributed by atoms with Crippen molar-refractivity contribution in [1.82, 2.24) is 10.2 Å². The Kier molecular flexibility index (Phi) is 2.38. The highest BCUT2D eigenvalue weighted by Gasteiger charge is 2.61. The van der Waals surface area contributed by atoms with Crippen LogP contribution in [0.2, 0.25) is 0 Å². The Morgan fingerprint density at radius 3 is 2.62 bits per heavy atom. The predicted molar refractivity (Wildman–Crippen MR) is 53.5 cm³/mol. The highest BCUT2D eigenvalue weighted by atomic mass is 19.3. The number of halogens is 2. The minimum atomic E-state index is -2.85. The lowest BCUT2D eigenvalue weighted by molar-refractivity contribution is -0.0935. The third kappa shape index (κ3) is 1.86. The van der Waals surface area contributed by atoms with Gasteiger partial charge in [-0.2, -0.15) is 0 Å². The minimum Gasteiger partial charge on any atom is -0.444 e. The SMILES string of the molecule is CC(C)(C)OC(=O)N1CC2NCC(F)(F)C21. The van der Waals surface area contributed by atoms with Crippen LogP contribution in [0, 0.1) is 0 Å². The molecule has 2 saturated heterocycles. The smallest absolute Gasteiger partial charge is 0.410 e. The van der Waals surface area contributed by atoms with Crippen molar-refractivity contribution < 1.29 is 18.3 Å². The third-order valence-electron chi connectivity index (χ3n) is 2.77. The second kappa shape index (κ2) is 3.29. The van der Waals surface area contributed by atoms with Gasteiger partial charge in [0.25, 0.3) is 5.92 Å². The first-order valence-corrected chi connectivity index (χ1v) is 5.31. The number of likely N-dealkylation sites (tertiary alicyclic amines) is 1. The Bertz CT molecular complexity index is 314. The maximum absolute atomic E-state index is 13.4. The van der Waals surface area contributed by atoms with Crippen molar-refractivity contribution in [2.24, 2.45) is 0 Å². The van der Waals surface area contributed by atoms with E-state index >= 15 is 0 Å². The van der Waals surface area contributed by atoms with Crippen LogP contribution < -0.4 is 5.32 Å². The number of ether oxygens (including phenoxy) is 1. The third-order valence-corrected chi connectivity index (χ3v) is 2.77. The summed E-state index contributed by atoms with van der Waals surface area (Å²) in [7, 11) is 0. The summed E-state index contributed by atoms with van der Waals surface area (Å²) in [5.74, 6) is -2.85. The molecule has 2 heterocycles. The number of nitrogens with one attached hydrogen (secondary N) is 1. The molecule has 2 aliphatic rings. The average molecular weight is 234 g/mol. The molecule has 4 nitrogen and oxygen atoms in total. The van der Waals surface area contributed by atoms with Crippen molar-refractivity contribution in [2.75, 3.05) is 13.1 Å². The van der Waals surface area contributed by atoms with Crippen LogP contribution in [0.25, 0.3) is 0 Å². The fraction of sp³-hybridized carbons (Fsp3) is 0.900. The summed E-state index contributed by atoms with van der Waals surface area (Å²) in [5.41, 5.74) is -0.649. The number of carbonyl (C=O) groups is 1. The lowest BCUT2D eigenvalue weighted by atomic mass is 9.96. The highest BCUT2D eigenvalue weighted by molar-refractivity contribution is 5.70. The number of carbonyl (C=O) groups excluding carboxylic acids is 1. The van der Waals surface area contributed by atoms with Crippen LogP contribution in [0.3, 0.4) is 0 Å². The van der Waals surface area contributed by atoms with Gasteiger partial charge in [0.2, 0.25) is 0 Å². The molecule has 0 aromatic rings. The Morgan fingerprint density at radius 1 is 1.50 bits per heavy atom. The van der Waals surface area contributed by atoms with E-state index in [1.165, 1.54) is 0 Å². The van der Waals surface area contributed by atoms with Gasteiger partial charge >= 0.3 is 6.09 Å². The maximum Gasteiger partial charge on any atom is 0.410 e. The summed E-state index contributed by atoms with van der Waals surface area (Å²) in [4.78, 5) is 12.7. The average Bonchev–Trinajstić information content (AvgIpc) is 2.16. The summed E-state index contributed by atoms with van der Waals surface area (Å²) in [6.45, 7) is 5.09. The fourth-order valence-corrected chi connectivity index (χ4v) is 2.08. The standard InChI is InChI=1S/C10H16F2N2O2/c1-9(2,3)16-8(15)14-4-6-7(14)10(11,12)5-13-6/h6-7,13H,4-5H2,1-3H3. The summed E-state index contributed by atoms with van der Waals surface area (Å²) in [5, 5.41) is 2.69. The number of fused-ring (bicyclic) bond motifs is 1. The summed E-state index contributed by atoms with van der Waals surface area (Å²) < 4.78 is 31.8. The normalized spacial score (nSPS) is 31.9. The molecule has 6 heteroatoms. The molecule has 2 aliphatic heterocycles. The Hall–Kier alpha value is -0.910. The van der Waals surface area contributed by atoms with E-state index in [4.69, 9.17) is 4.74 Å². The lowest BCUT2D eigenvalue weighted by Crippen LogP contribution is -2.67. The van der Waals surface area contributed by atoms with Gasteiger partial charge in [0.15, 0.2) is 0 Å². The monoisotopic (exact) mass is 234 g/mol. The van der Waals surface area contributed by atoms with Crippen molar-refractivity contribution in [2.45, 2.75) is 44.4 Å².